The summed E-state index contributed by atoms with van der Waals surface area (Å²) in [7, 11) is 0. The van der Waals surface area contributed by atoms with Crippen molar-refractivity contribution in [2.45, 2.75) is 19.8 Å². The van der Waals surface area contributed by atoms with Crippen molar-refractivity contribution in [1.82, 2.24) is 4.98 Å². The maximum absolute atomic E-state index is 13.5. The number of fused-ring (bicyclic) bond motifs is 1. The minimum Gasteiger partial charge on any atom is -0.361 e. The van der Waals surface area contributed by atoms with Crippen LogP contribution in [0.15, 0.2) is 48.7 Å². The lowest BCUT2D eigenvalue weighted by atomic mass is 9.92. The van der Waals surface area contributed by atoms with Crippen molar-refractivity contribution in [1.29, 1.82) is 0 Å². The third-order valence-electron chi connectivity index (χ3n) is 3.50. The smallest absolute Gasteiger partial charge is 0.123 e. The van der Waals surface area contributed by atoms with Gasteiger partial charge < -0.3 is 4.98 Å². The SMILES string of the molecule is CC(C)c1ccc(F)cc1-c1ccc2[nH]ccc2c1. The Bertz CT molecular complexity index is 725. The van der Waals surface area contributed by atoms with Gasteiger partial charge in [0.2, 0.25) is 0 Å². The highest BCUT2D eigenvalue weighted by Crippen LogP contribution is 2.31. The highest BCUT2D eigenvalue weighted by molar-refractivity contribution is 5.85. The van der Waals surface area contributed by atoms with Gasteiger partial charge in [0.15, 0.2) is 0 Å². The summed E-state index contributed by atoms with van der Waals surface area (Å²) in [6.07, 6.45) is 1.92. The monoisotopic (exact) mass is 253 g/mol. The van der Waals surface area contributed by atoms with Gasteiger partial charge >= 0.3 is 0 Å². The molecule has 0 amide bonds. The van der Waals surface area contributed by atoms with Gasteiger partial charge in [0.25, 0.3) is 0 Å². The van der Waals surface area contributed by atoms with Crippen LogP contribution < -0.4 is 0 Å². The molecule has 3 rings (SSSR count). The molecule has 1 nitrogen and oxygen atoms in total. The summed E-state index contributed by atoms with van der Waals surface area (Å²) in [5, 5.41) is 1.15. The van der Waals surface area contributed by atoms with Crippen LogP contribution in [0.4, 0.5) is 4.39 Å². The Morgan fingerprint density at radius 2 is 1.84 bits per heavy atom. The van der Waals surface area contributed by atoms with Gasteiger partial charge in [0, 0.05) is 11.7 Å². The largest absolute Gasteiger partial charge is 0.361 e. The Morgan fingerprint density at radius 3 is 2.63 bits per heavy atom. The summed E-state index contributed by atoms with van der Waals surface area (Å²) >= 11 is 0. The summed E-state index contributed by atoms with van der Waals surface area (Å²) < 4.78 is 13.5. The standard InChI is InChI=1S/C17H16FN/c1-11(2)15-5-4-14(18)10-16(15)12-3-6-17-13(9-12)7-8-19-17/h3-11,19H,1-2H3. The fourth-order valence-electron chi connectivity index (χ4n) is 2.50. The molecule has 1 heterocycles. The zero-order chi connectivity index (χ0) is 13.4. The molecule has 2 heteroatoms. The molecule has 1 N–H and O–H groups in total. The molecule has 0 bridgehead atoms. The number of aromatic nitrogens is 1. The van der Waals surface area contributed by atoms with Crippen molar-refractivity contribution in [2.75, 3.05) is 0 Å². The van der Waals surface area contributed by atoms with Crippen LogP contribution in [0.5, 0.6) is 0 Å². The van der Waals surface area contributed by atoms with Gasteiger partial charge in [0.1, 0.15) is 5.82 Å². The van der Waals surface area contributed by atoms with Crippen LogP contribution >= 0.6 is 0 Å². The lowest BCUT2D eigenvalue weighted by Gasteiger charge is -2.13. The fourth-order valence-corrected chi connectivity index (χ4v) is 2.50. The van der Waals surface area contributed by atoms with Crippen LogP contribution in [0.25, 0.3) is 22.0 Å². The molecule has 0 saturated heterocycles. The lowest BCUT2D eigenvalue weighted by Crippen LogP contribution is -1.93. The van der Waals surface area contributed by atoms with Gasteiger partial charge in [-0.15, -0.1) is 0 Å². The topological polar surface area (TPSA) is 15.8 Å². The molecule has 0 atom stereocenters. The minimum absolute atomic E-state index is 0.187. The molecule has 1 aromatic heterocycles. The molecule has 0 radical (unpaired) electrons. The van der Waals surface area contributed by atoms with Crippen molar-refractivity contribution in [3.8, 4) is 11.1 Å². The summed E-state index contributed by atoms with van der Waals surface area (Å²) in [6.45, 7) is 4.26. The zero-order valence-electron chi connectivity index (χ0n) is 11.1. The van der Waals surface area contributed by atoms with Crippen LogP contribution in [0.2, 0.25) is 0 Å². The first kappa shape index (κ1) is 12.0. The first-order valence-electron chi connectivity index (χ1n) is 6.52. The minimum atomic E-state index is -0.187. The fraction of sp³-hybridized carbons (Fsp3) is 0.176. The second kappa shape index (κ2) is 4.54. The van der Waals surface area contributed by atoms with Crippen LogP contribution in [0.3, 0.4) is 0 Å². The first-order chi connectivity index (χ1) is 9.15. The van der Waals surface area contributed by atoms with E-state index in [2.05, 4.69) is 24.9 Å². The average Bonchev–Trinajstić information content (AvgIpc) is 2.85. The van der Waals surface area contributed by atoms with E-state index in [0.717, 1.165) is 22.0 Å². The predicted octanol–water partition coefficient (Wildman–Crippen LogP) is 5.10. The van der Waals surface area contributed by atoms with Crippen LogP contribution in [0, 0.1) is 5.82 Å². The number of H-pyrrole nitrogens is 1. The molecule has 0 aliphatic rings. The van der Waals surface area contributed by atoms with Gasteiger partial charge in [-0.3, -0.25) is 0 Å². The first-order valence-corrected chi connectivity index (χ1v) is 6.52. The Kier molecular flexibility index (Phi) is 2.86. The third-order valence-corrected chi connectivity index (χ3v) is 3.50. The maximum Gasteiger partial charge on any atom is 0.123 e. The number of aromatic amines is 1. The van der Waals surface area contributed by atoms with E-state index in [4.69, 9.17) is 0 Å². The van der Waals surface area contributed by atoms with Crippen molar-refractivity contribution < 1.29 is 4.39 Å². The molecular weight excluding hydrogens is 237 g/mol. The highest BCUT2D eigenvalue weighted by Gasteiger charge is 2.10. The Balaban J connectivity index is 2.21. The van der Waals surface area contributed by atoms with E-state index < -0.39 is 0 Å². The molecule has 0 spiro atoms. The third kappa shape index (κ3) is 2.14. The van der Waals surface area contributed by atoms with E-state index >= 15 is 0 Å². The molecule has 0 fully saturated rings. The Labute approximate surface area is 112 Å². The number of hydrogen-bond donors (Lipinski definition) is 1. The summed E-state index contributed by atoms with van der Waals surface area (Å²) in [5.74, 6) is 0.186. The lowest BCUT2D eigenvalue weighted by molar-refractivity contribution is 0.627. The van der Waals surface area contributed by atoms with E-state index in [1.54, 1.807) is 6.07 Å². The van der Waals surface area contributed by atoms with Gasteiger partial charge in [-0.05, 0) is 58.3 Å². The number of nitrogens with one attached hydrogen (secondary N) is 1. The van der Waals surface area contributed by atoms with E-state index in [1.165, 1.54) is 11.6 Å². The maximum atomic E-state index is 13.5. The Hall–Kier alpha value is -2.09. The number of halogens is 1. The van der Waals surface area contributed by atoms with E-state index in [-0.39, 0.29) is 5.82 Å². The predicted molar refractivity (Wildman–Crippen MR) is 77.8 cm³/mol. The summed E-state index contributed by atoms with van der Waals surface area (Å²) in [4.78, 5) is 3.17. The van der Waals surface area contributed by atoms with Crippen LogP contribution in [-0.2, 0) is 0 Å². The summed E-state index contributed by atoms with van der Waals surface area (Å²) in [6, 6.07) is 13.3. The normalized spacial score (nSPS) is 11.4. The molecule has 2 aromatic carbocycles. The van der Waals surface area contributed by atoms with Crippen LogP contribution in [-0.4, -0.2) is 4.98 Å². The Morgan fingerprint density at radius 1 is 1.00 bits per heavy atom. The molecule has 0 unspecified atom stereocenters. The second-order valence-electron chi connectivity index (χ2n) is 5.17. The van der Waals surface area contributed by atoms with Crippen molar-refractivity contribution in [3.05, 3.63) is 60.0 Å². The van der Waals surface area contributed by atoms with Gasteiger partial charge in [-0.2, -0.15) is 0 Å². The molecule has 3 aromatic rings. The quantitative estimate of drug-likeness (QED) is 0.654. The molecule has 0 saturated carbocycles. The van der Waals surface area contributed by atoms with E-state index in [9.17, 15) is 4.39 Å². The van der Waals surface area contributed by atoms with Crippen molar-refractivity contribution in [2.24, 2.45) is 0 Å². The van der Waals surface area contributed by atoms with Gasteiger partial charge in [0.05, 0.1) is 0 Å². The number of benzene rings is 2. The molecule has 0 aliphatic carbocycles. The zero-order valence-corrected chi connectivity index (χ0v) is 11.1. The van der Waals surface area contributed by atoms with E-state index in [1.807, 2.05) is 30.5 Å². The van der Waals surface area contributed by atoms with Gasteiger partial charge in [-0.1, -0.05) is 26.0 Å². The average molecular weight is 253 g/mol. The molecule has 96 valence electrons. The van der Waals surface area contributed by atoms with E-state index in [0.29, 0.717) is 5.92 Å². The van der Waals surface area contributed by atoms with Gasteiger partial charge in [-0.25, -0.2) is 4.39 Å². The highest BCUT2D eigenvalue weighted by atomic mass is 19.1. The number of hydrogen-bond acceptors (Lipinski definition) is 0. The van der Waals surface area contributed by atoms with Crippen molar-refractivity contribution in [3.63, 3.8) is 0 Å². The van der Waals surface area contributed by atoms with Crippen LogP contribution in [0.1, 0.15) is 25.3 Å². The second-order valence-corrected chi connectivity index (χ2v) is 5.17. The molecule has 0 aliphatic heterocycles. The molecule has 19 heavy (non-hydrogen) atoms. The van der Waals surface area contributed by atoms with Crippen molar-refractivity contribution >= 4 is 10.9 Å². The molecular formula is C17H16FN. The number of rotatable bonds is 2. The summed E-state index contributed by atoms with van der Waals surface area (Å²) in [5.41, 5.74) is 4.33.